The molecule has 0 aliphatic carbocycles. The summed E-state index contributed by atoms with van der Waals surface area (Å²) in [4.78, 5) is 32.2. The summed E-state index contributed by atoms with van der Waals surface area (Å²) < 4.78 is 19.3. The van der Waals surface area contributed by atoms with Gasteiger partial charge in [-0.1, -0.05) is 12.1 Å². The van der Waals surface area contributed by atoms with E-state index in [4.69, 9.17) is 4.74 Å². The van der Waals surface area contributed by atoms with Crippen molar-refractivity contribution in [2.24, 2.45) is 5.92 Å². The molecular weight excluding hydrogens is 381 g/mol. The summed E-state index contributed by atoms with van der Waals surface area (Å²) in [6, 6.07) is 6.16. The molecule has 0 radical (unpaired) electrons. The predicted molar refractivity (Wildman–Crippen MR) is 106 cm³/mol. The van der Waals surface area contributed by atoms with E-state index < -0.39 is 5.82 Å². The van der Waals surface area contributed by atoms with Crippen molar-refractivity contribution in [1.82, 2.24) is 9.88 Å². The van der Waals surface area contributed by atoms with Crippen LogP contribution in [0.1, 0.15) is 32.4 Å². The molecule has 1 fully saturated rings. The van der Waals surface area contributed by atoms with Gasteiger partial charge in [-0.15, -0.1) is 11.3 Å². The number of carbonyl (C=O) groups is 2. The molecule has 6 nitrogen and oxygen atoms in total. The highest BCUT2D eigenvalue weighted by molar-refractivity contribution is 7.14. The van der Waals surface area contributed by atoms with Gasteiger partial charge in [-0.3, -0.25) is 19.4 Å². The van der Waals surface area contributed by atoms with Gasteiger partial charge < -0.3 is 4.74 Å². The molecule has 1 atom stereocenters. The minimum atomic E-state index is -0.470. The SMILES string of the molecule is CCOC(=O)[C@@H]1CCCN(Cc2csc(N(C(C)=O)c3ccccc3F)n2)C1. The molecule has 2 heterocycles. The molecule has 0 saturated carbocycles. The van der Waals surface area contributed by atoms with Crippen molar-refractivity contribution in [1.29, 1.82) is 0 Å². The maximum atomic E-state index is 14.2. The van der Waals surface area contributed by atoms with Gasteiger partial charge in [-0.25, -0.2) is 9.37 Å². The second-order valence-corrected chi connectivity index (χ2v) is 7.59. The summed E-state index contributed by atoms with van der Waals surface area (Å²) in [5.74, 6) is -1.03. The van der Waals surface area contributed by atoms with Gasteiger partial charge in [-0.05, 0) is 38.4 Å². The van der Waals surface area contributed by atoms with Crippen molar-refractivity contribution in [3.05, 3.63) is 41.2 Å². The summed E-state index contributed by atoms with van der Waals surface area (Å²) in [5, 5.41) is 2.31. The topological polar surface area (TPSA) is 62.7 Å². The fraction of sp³-hybridized carbons (Fsp3) is 0.450. The van der Waals surface area contributed by atoms with Crippen LogP contribution in [0, 0.1) is 11.7 Å². The van der Waals surface area contributed by atoms with Crippen molar-refractivity contribution in [3.63, 3.8) is 0 Å². The third kappa shape index (κ3) is 4.74. The first-order chi connectivity index (χ1) is 13.5. The number of carbonyl (C=O) groups excluding carboxylic acids is 2. The van der Waals surface area contributed by atoms with Crippen molar-refractivity contribution in [2.45, 2.75) is 33.2 Å². The minimum Gasteiger partial charge on any atom is -0.466 e. The van der Waals surface area contributed by atoms with Crippen LogP contribution in [0.2, 0.25) is 0 Å². The maximum Gasteiger partial charge on any atom is 0.310 e. The van der Waals surface area contributed by atoms with Crippen LogP contribution >= 0.6 is 11.3 Å². The Hall–Kier alpha value is -2.32. The number of benzene rings is 1. The standard InChI is InChI=1S/C20H24FN3O3S/c1-3-27-19(26)15-7-6-10-23(11-15)12-16-13-28-20(22-16)24(14(2)25)18-9-5-4-8-17(18)21/h4-5,8-9,13,15H,3,6-7,10-12H2,1-2H3/t15-/m1/s1. The Kier molecular flexibility index (Phi) is 6.74. The summed E-state index contributed by atoms with van der Waals surface area (Å²) in [6.45, 7) is 5.69. The number of esters is 1. The zero-order valence-corrected chi connectivity index (χ0v) is 16.9. The van der Waals surface area contributed by atoms with Crippen LogP contribution in [0.4, 0.5) is 15.2 Å². The third-order valence-corrected chi connectivity index (χ3v) is 5.52. The molecule has 1 aliphatic rings. The minimum absolute atomic E-state index is 0.112. The van der Waals surface area contributed by atoms with Crippen molar-refractivity contribution >= 4 is 34.0 Å². The Labute approximate surface area is 167 Å². The molecular formula is C20H24FN3O3S. The summed E-state index contributed by atoms with van der Waals surface area (Å²) >= 11 is 1.30. The second kappa shape index (κ2) is 9.25. The number of thiazole rings is 1. The lowest BCUT2D eigenvalue weighted by Gasteiger charge is -2.30. The number of nitrogens with zero attached hydrogens (tertiary/aromatic N) is 3. The van der Waals surface area contributed by atoms with Gasteiger partial charge in [-0.2, -0.15) is 0 Å². The van der Waals surface area contributed by atoms with E-state index in [1.54, 1.807) is 18.2 Å². The smallest absolute Gasteiger partial charge is 0.310 e. The summed E-state index contributed by atoms with van der Waals surface area (Å²) in [6.07, 6.45) is 1.76. The molecule has 0 bridgehead atoms. The van der Waals surface area contributed by atoms with Crippen molar-refractivity contribution in [3.8, 4) is 0 Å². The number of ether oxygens (including phenoxy) is 1. The second-order valence-electron chi connectivity index (χ2n) is 6.75. The molecule has 8 heteroatoms. The van der Waals surface area contributed by atoms with Crippen LogP contribution in [0.3, 0.4) is 0 Å². The number of amides is 1. The predicted octanol–water partition coefficient (Wildman–Crippen LogP) is 3.74. The number of piperidine rings is 1. The number of rotatable bonds is 6. The number of hydrogen-bond acceptors (Lipinski definition) is 6. The third-order valence-electron chi connectivity index (χ3n) is 4.65. The first kappa shape index (κ1) is 20.4. The van der Waals surface area contributed by atoms with Crippen molar-refractivity contribution < 1.29 is 18.7 Å². The molecule has 0 N–H and O–H groups in total. The van der Waals surface area contributed by atoms with E-state index in [0.29, 0.717) is 24.8 Å². The van der Waals surface area contributed by atoms with E-state index in [9.17, 15) is 14.0 Å². The quantitative estimate of drug-likeness (QED) is 0.685. The van der Waals surface area contributed by atoms with Gasteiger partial charge in [0.25, 0.3) is 0 Å². The first-order valence-corrected chi connectivity index (χ1v) is 10.3. The lowest BCUT2D eigenvalue weighted by molar-refractivity contribution is -0.150. The van der Waals surface area contributed by atoms with E-state index in [0.717, 1.165) is 25.1 Å². The number of para-hydroxylation sites is 1. The fourth-order valence-corrected chi connectivity index (χ4v) is 4.26. The monoisotopic (exact) mass is 405 g/mol. The molecule has 1 aromatic carbocycles. The summed E-state index contributed by atoms with van der Waals surface area (Å²) in [5.41, 5.74) is 0.989. The molecule has 0 unspecified atom stereocenters. The van der Waals surface area contributed by atoms with Crippen LogP contribution in [-0.2, 0) is 20.9 Å². The van der Waals surface area contributed by atoms with E-state index in [-0.39, 0.29) is 23.5 Å². The Balaban J connectivity index is 1.72. The number of halogens is 1. The van der Waals surface area contributed by atoms with Gasteiger partial charge >= 0.3 is 5.97 Å². The maximum absolute atomic E-state index is 14.2. The molecule has 150 valence electrons. The van der Waals surface area contributed by atoms with Gasteiger partial charge in [0.1, 0.15) is 5.82 Å². The van der Waals surface area contributed by atoms with Crippen LogP contribution < -0.4 is 4.90 Å². The van der Waals surface area contributed by atoms with Crippen molar-refractivity contribution in [2.75, 3.05) is 24.6 Å². The highest BCUT2D eigenvalue weighted by Gasteiger charge is 2.27. The number of likely N-dealkylation sites (tertiary alicyclic amines) is 1. The molecule has 0 spiro atoms. The van der Waals surface area contributed by atoms with Gasteiger partial charge in [0.15, 0.2) is 5.13 Å². The zero-order valence-electron chi connectivity index (χ0n) is 16.1. The lowest BCUT2D eigenvalue weighted by atomic mass is 9.98. The van der Waals surface area contributed by atoms with Crippen LogP contribution in [0.15, 0.2) is 29.6 Å². The van der Waals surface area contributed by atoms with E-state index in [2.05, 4.69) is 9.88 Å². The number of anilines is 2. The highest BCUT2D eigenvalue weighted by Crippen LogP contribution is 2.31. The number of aromatic nitrogens is 1. The van der Waals surface area contributed by atoms with E-state index >= 15 is 0 Å². The van der Waals surface area contributed by atoms with Crippen LogP contribution in [0.25, 0.3) is 0 Å². The first-order valence-electron chi connectivity index (χ1n) is 9.38. The Bertz CT molecular complexity index is 842. The summed E-state index contributed by atoms with van der Waals surface area (Å²) in [7, 11) is 0. The molecule has 3 rings (SSSR count). The van der Waals surface area contributed by atoms with Gasteiger partial charge in [0.05, 0.1) is 23.9 Å². The van der Waals surface area contributed by atoms with Gasteiger partial charge in [0, 0.05) is 25.4 Å². The average Bonchev–Trinajstić information content (AvgIpc) is 3.11. The number of hydrogen-bond donors (Lipinski definition) is 0. The molecule has 28 heavy (non-hydrogen) atoms. The van der Waals surface area contributed by atoms with Crippen LogP contribution in [-0.4, -0.2) is 41.5 Å². The molecule has 1 amide bonds. The molecule has 1 aliphatic heterocycles. The van der Waals surface area contributed by atoms with Crippen LogP contribution in [0.5, 0.6) is 0 Å². The van der Waals surface area contributed by atoms with Gasteiger partial charge in [0.2, 0.25) is 5.91 Å². The fourth-order valence-electron chi connectivity index (χ4n) is 3.39. The Morgan fingerprint density at radius 1 is 1.39 bits per heavy atom. The van der Waals surface area contributed by atoms with E-state index in [1.165, 1.54) is 29.2 Å². The zero-order chi connectivity index (χ0) is 20.1. The molecule has 1 aromatic heterocycles. The molecule has 1 saturated heterocycles. The van der Waals surface area contributed by atoms with E-state index in [1.807, 2.05) is 12.3 Å². The lowest BCUT2D eigenvalue weighted by Crippen LogP contribution is -2.39. The average molecular weight is 405 g/mol. The Morgan fingerprint density at radius 2 is 2.18 bits per heavy atom. The molecule has 2 aromatic rings. The normalized spacial score (nSPS) is 17.3. The Morgan fingerprint density at radius 3 is 2.89 bits per heavy atom. The largest absolute Gasteiger partial charge is 0.466 e. The highest BCUT2D eigenvalue weighted by atomic mass is 32.1.